The van der Waals surface area contributed by atoms with Gasteiger partial charge in [-0.3, -0.25) is 0 Å². The summed E-state index contributed by atoms with van der Waals surface area (Å²) in [5, 5.41) is 3.44. The van der Waals surface area contributed by atoms with Gasteiger partial charge in [-0.1, -0.05) is 5.92 Å². The van der Waals surface area contributed by atoms with Crippen molar-refractivity contribution >= 4 is 11.8 Å². The van der Waals surface area contributed by atoms with Gasteiger partial charge in [-0.05, 0) is 12.8 Å². The Balaban J connectivity index is 1.81. The SMILES string of the molecule is C#CCSCCNC1CC(N)C1. The summed E-state index contributed by atoms with van der Waals surface area (Å²) in [7, 11) is 0. The zero-order valence-corrected chi connectivity index (χ0v) is 8.07. The fourth-order valence-corrected chi connectivity index (χ4v) is 1.82. The van der Waals surface area contributed by atoms with Gasteiger partial charge in [-0.25, -0.2) is 0 Å². The smallest absolute Gasteiger partial charge is 0.0545 e. The van der Waals surface area contributed by atoms with Gasteiger partial charge in [0, 0.05) is 24.4 Å². The van der Waals surface area contributed by atoms with Crippen LogP contribution in [-0.2, 0) is 0 Å². The number of rotatable bonds is 5. The van der Waals surface area contributed by atoms with Gasteiger partial charge in [0.1, 0.15) is 0 Å². The fraction of sp³-hybridized carbons (Fsp3) is 0.778. The summed E-state index contributed by atoms with van der Waals surface area (Å²) in [6.07, 6.45) is 7.40. The van der Waals surface area contributed by atoms with Crippen LogP contribution in [0.1, 0.15) is 12.8 Å². The highest BCUT2D eigenvalue weighted by atomic mass is 32.2. The summed E-state index contributed by atoms with van der Waals surface area (Å²) in [5.74, 6) is 4.54. The van der Waals surface area contributed by atoms with E-state index in [0.717, 1.165) is 30.9 Å². The zero-order valence-electron chi connectivity index (χ0n) is 7.25. The van der Waals surface area contributed by atoms with Crippen molar-refractivity contribution in [1.29, 1.82) is 0 Å². The Morgan fingerprint density at radius 3 is 2.92 bits per heavy atom. The number of nitrogens with one attached hydrogen (secondary N) is 1. The molecule has 3 N–H and O–H groups in total. The number of thioether (sulfide) groups is 1. The van der Waals surface area contributed by atoms with Crippen LogP contribution in [0.25, 0.3) is 0 Å². The Labute approximate surface area is 78.7 Å². The third-order valence-corrected chi connectivity index (χ3v) is 2.90. The van der Waals surface area contributed by atoms with Crippen LogP contribution in [0.4, 0.5) is 0 Å². The molecule has 1 aliphatic carbocycles. The van der Waals surface area contributed by atoms with Crippen molar-refractivity contribution in [2.45, 2.75) is 24.9 Å². The van der Waals surface area contributed by atoms with Gasteiger partial charge < -0.3 is 11.1 Å². The van der Waals surface area contributed by atoms with Crippen molar-refractivity contribution in [2.24, 2.45) is 5.73 Å². The minimum atomic E-state index is 0.445. The van der Waals surface area contributed by atoms with Crippen LogP contribution >= 0.6 is 11.8 Å². The Bertz CT molecular complexity index is 158. The predicted molar refractivity (Wildman–Crippen MR) is 55.2 cm³/mol. The standard InChI is InChI=1S/C9H16N2S/c1-2-4-12-5-3-11-9-6-8(10)7-9/h1,8-9,11H,3-7,10H2. The van der Waals surface area contributed by atoms with Crippen LogP contribution in [0.15, 0.2) is 0 Å². The second-order valence-electron chi connectivity index (χ2n) is 3.14. The third-order valence-electron chi connectivity index (χ3n) is 2.04. The van der Waals surface area contributed by atoms with Crippen molar-refractivity contribution in [1.82, 2.24) is 5.32 Å². The van der Waals surface area contributed by atoms with Crippen molar-refractivity contribution < 1.29 is 0 Å². The largest absolute Gasteiger partial charge is 0.328 e. The first-order valence-electron chi connectivity index (χ1n) is 4.33. The monoisotopic (exact) mass is 184 g/mol. The van der Waals surface area contributed by atoms with Crippen molar-refractivity contribution in [2.75, 3.05) is 18.1 Å². The fourth-order valence-electron chi connectivity index (χ4n) is 1.29. The summed E-state index contributed by atoms with van der Waals surface area (Å²) in [4.78, 5) is 0. The van der Waals surface area contributed by atoms with Crippen LogP contribution in [-0.4, -0.2) is 30.1 Å². The van der Waals surface area contributed by atoms with E-state index in [1.807, 2.05) is 0 Å². The molecular weight excluding hydrogens is 168 g/mol. The molecule has 12 heavy (non-hydrogen) atoms. The molecule has 0 bridgehead atoms. The Morgan fingerprint density at radius 1 is 1.58 bits per heavy atom. The number of nitrogens with two attached hydrogens (primary N) is 1. The molecule has 2 nitrogen and oxygen atoms in total. The Kier molecular flexibility index (Phi) is 4.52. The number of hydrogen-bond donors (Lipinski definition) is 2. The first-order chi connectivity index (χ1) is 5.83. The molecule has 1 rings (SSSR count). The van der Waals surface area contributed by atoms with E-state index < -0.39 is 0 Å². The second kappa shape index (κ2) is 5.47. The normalized spacial score (nSPS) is 27.7. The molecule has 3 heteroatoms. The average Bonchev–Trinajstić information content (AvgIpc) is 2.00. The maximum Gasteiger partial charge on any atom is 0.0545 e. The lowest BCUT2D eigenvalue weighted by Gasteiger charge is -2.33. The number of terminal acetylenes is 1. The average molecular weight is 184 g/mol. The van der Waals surface area contributed by atoms with E-state index in [1.165, 1.54) is 0 Å². The van der Waals surface area contributed by atoms with Crippen LogP contribution in [0.3, 0.4) is 0 Å². The molecule has 0 atom stereocenters. The van der Waals surface area contributed by atoms with Crippen molar-refractivity contribution in [3.63, 3.8) is 0 Å². The van der Waals surface area contributed by atoms with Gasteiger partial charge in [0.15, 0.2) is 0 Å². The van der Waals surface area contributed by atoms with Gasteiger partial charge in [-0.15, -0.1) is 18.2 Å². The van der Waals surface area contributed by atoms with E-state index in [9.17, 15) is 0 Å². The lowest BCUT2D eigenvalue weighted by Crippen LogP contribution is -2.48. The molecule has 1 aliphatic rings. The predicted octanol–water partition coefficient (Wildman–Crippen LogP) is 0.432. The topological polar surface area (TPSA) is 38.0 Å². The van der Waals surface area contributed by atoms with Gasteiger partial charge in [-0.2, -0.15) is 0 Å². The van der Waals surface area contributed by atoms with E-state index in [4.69, 9.17) is 12.2 Å². The van der Waals surface area contributed by atoms with Crippen LogP contribution < -0.4 is 11.1 Å². The highest BCUT2D eigenvalue weighted by molar-refractivity contribution is 7.99. The summed E-state index contributed by atoms with van der Waals surface area (Å²) in [6, 6.07) is 1.12. The van der Waals surface area contributed by atoms with Crippen molar-refractivity contribution in [3.8, 4) is 12.3 Å². The summed E-state index contributed by atoms with van der Waals surface area (Å²) < 4.78 is 0. The molecule has 68 valence electrons. The molecule has 0 aromatic heterocycles. The molecule has 0 radical (unpaired) electrons. The molecule has 0 aliphatic heterocycles. The molecule has 0 amide bonds. The van der Waals surface area contributed by atoms with E-state index in [1.54, 1.807) is 11.8 Å². The van der Waals surface area contributed by atoms with Crippen LogP contribution in [0.5, 0.6) is 0 Å². The van der Waals surface area contributed by atoms with Gasteiger partial charge in [0.05, 0.1) is 5.75 Å². The summed E-state index contributed by atoms with van der Waals surface area (Å²) in [5.41, 5.74) is 5.65. The minimum absolute atomic E-state index is 0.445. The van der Waals surface area contributed by atoms with Crippen LogP contribution in [0, 0.1) is 12.3 Å². The molecule has 1 saturated carbocycles. The molecule has 0 saturated heterocycles. The summed E-state index contributed by atoms with van der Waals surface area (Å²) >= 11 is 1.80. The highest BCUT2D eigenvalue weighted by Crippen LogP contribution is 2.16. The van der Waals surface area contributed by atoms with Gasteiger partial charge in [0.2, 0.25) is 0 Å². The van der Waals surface area contributed by atoms with Crippen molar-refractivity contribution in [3.05, 3.63) is 0 Å². The van der Waals surface area contributed by atoms with E-state index in [2.05, 4.69) is 11.2 Å². The first kappa shape index (κ1) is 9.91. The molecule has 0 aromatic rings. The number of hydrogen-bond acceptors (Lipinski definition) is 3. The molecule has 0 aromatic carbocycles. The van der Waals surface area contributed by atoms with Gasteiger partial charge in [0.25, 0.3) is 0 Å². The van der Waals surface area contributed by atoms with Crippen LogP contribution in [0.2, 0.25) is 0 Å². The van der Waals surface area contributed by atoms with E-state index in [-0.39, 0.29) is 0 Å². The zero-order chi connectivity index (χ0) is 8.81. The highest BCUT2D eigenvalue weighted by Gasteiger charge is 2.24. The maximum atomic E-state index is 5.65. The first-order valence-corrected chi connectivity index (χ1v) is 5.48. The molecule has 0 unspecified atom stereocenters. The molecular formula is C9H16N2S. The van der Waals surface area contributed by atoms with E-state index >= 15 is 0 Å². The van der Waals surface area contributed by atoms with E-state index in [0.29, 0.717) is 12.1 Å². The third kappa shape index (κ3) is 3.48. The second-order valence-corrected chi connectivity index (χ2v) is 4.24. The van der Waals surface area contributed by atoms with Gasteiger partial charge >= 0.3 is 0 Å². The molecule has 1 fully saturated rings. The lowest BCUT2D eigenvalue weighted by molar-refractivity contribution is 0.298. The maximum absolute atomic E-state index is 5.65. The Morgan fingerprint density at radius 2 is 2.33 bits per heavy atom. The summed E-state index contributed by atoms with van der Waals surface area (Å²) in [6.45, 7) is 1.06. The molecule has 0 heterocycles. The quantitative estimate of drug-likeness (QED) is 0.481. The lowest BCUT2D eigenvalue weighted by atomic mass is 9.88. The molecule has 0 spiro atoms. The Hall–Kier alpha value is -0.170. The minimum Gasteiger partial charge on any atom is -0.328 e.